The zero-order valence-electron chi connectivity index (χ0n) is 11.2. The maximum atomic E-state index is 11.6. The number of cyclic esters (lactones) is 1. The zero-order valence-corrected chi connectivity index (χ0v) is 12.0. The van der Waals surface area contributed by atoms with E-state index in [0.717, 1.165) is 0 Å². The lowest BCUT2D eigenvalue weighted by Crippen LogP contribution is -2.13. The van der Waals surface area contributed by atoms with Crippen molar-refractivity contribution in [2.24, 2.45) is 0 Å². The standard InChI is InChI=1S/C12H15N3O4S/c1-3-18-10(16)7-5-14-12(15-9(7)13)20-8-4-6(2)19-11(8)17/h5-6,8H,3-4H2,1-2H3,(H2,13,14,15)/t6-,8-/m1/s1. The predicted molar refractivity (Wildman–Crippen MR) is 72.2 cm³/mol. The van der Waals surface area contributed by atoms with Gasteiger partial charge in [-0.3, -0.25) is 4.79 Å². The molecule has 0 spiro atoms. The maximum Gasteiger partial charge on any atom is 0.343 e. The van der Waals surface area contributed by atoms with E-state index in [1.807, 2.05) is 6.92 Å². The van der Waals surface area contributed by atoms with E-state index in [1.54, 1.807) is 6.92 Å². The summed E-state index contributed by atoms with van der Waals surface area (Å²) >= 11 is 1.18. The smallest absolute Gasteiger partial charge is 0.343 e. The van der Waals surface area contributed by atoms with Gasteiger partial charge in [0.2, 0.25) is 0 Å². The largest absolute Gasteiger partial charge is 0.462 e. The average molecular weight is 297 g/mol. The lowest BCUT2D eigenvalue weighted by molar-refractivity contribution is -0.140. The van der Waals surface area contributed by atoms with E-state index in [4.69, 9.17) is 15.2 Å². The minimum atomic E-state index is -0.560. The normalized spacial score (nSPS) is 21.6. The summed E-state index contributed by atoms with van der Waals surface area (Å²) in [5.41, 5.74) is 5.83. The van der Waals surface area contributed by atoms with Crippen LogP contribution in [0.15, 0.2) is 11.4 Å². The second-order valence-electron chi connectivity index (χ2n) is 4.26. The molecule has 1 aliphatic rings. The van der Waals surface area contributed by atoms with E-state index in [-0.39, 0.29) is 35.3 Å². The Bertz CT molecular complexity index is 537. The van der Waals surface area contributed by atoms with Crippen LogP contribution < -0.4 is 5.73 Å². The highest BCUT2D eigenvalue weighted by molar-refractivity contribution is 8.00. The van der Waals surface area contributed by atoms with Gasteiger partial charge < -0.3 is 15.2 Å². The number of nitrogens with zero attached hydrogens (tertiary/aromatic N) is 2. The van der Waals surface area contributed by atoms with Crippen LogP contribution >= 0.6 is 11.8 Å². The van der Waals surface area contributed by atoms with Crippen LogP contribution in [0.4, 0.5) is 5.82 Å². The maximum absolute atomic E-state index is 11.6. The summed E-state index contributed by atoms with van der Waals surface area (Å²) in [5, 5.41) is 0.00411. The molecule has 2 atom stereocenters. The summed E-state index contributed by atoms with van der Waals surface area (Å²) in [6.45, 7) is 3.78. The van der Waals surface area contributed by atoms with Crippen molar-refractivity contribution in [1.29, 1.82) is 0 Å². The van der Waals surface area contributed by atoms with Gasteiger partial charge in [0.15, 0.2) is 5.16 Å². The van der Waals surface area contributed by atoms with Gasteiger partial charge in [0.25, 0.3) is 0 Å². The Balaban J connectivity index is 2.09. The molecular formula is C12H15N3O4S. The summed E-state index contributed by atoms with van der Waals surface area (Å²) in [5.74, 6) is -0.796. The Morgan fingerprint density at radius 2 is 2.40 bits per heavy atom. The number of carbonyl (C=O) groups excluding carboxylic acids is 2. The van der Waals surface area contributed by atoms with Crippen LogP contribution in [-0.2, 0) is 14.3 Å². The first kappa shape index (κ1) is 14.6. The number of nitrogen functional groups attached to an aromatic ring is 1. The van der Waals surface area contributed by atoms with Crippen molar-refractivity contribution in [3.8, 4) is 0 Å². The van der Waals surface area contributed by atoms with Crippen LogP contribution in [0.3, 0.4) is 0 Å². The van der Waals surface area contributed by atoms with Crippen molar-refractivity contribution in [3.05, 3.63) is 11.8 Å². The molecule has 0 unspecified atom stereocenters. The number of esters is 2. The van der Waals surface area contributed by atoms with Crippen LogP contribution in [0.5, 0.6) is 0 Å². The summed E-state index contributed by atoms with van der Waals surface area (Å²) < 4.78 is 9.88. The number of hydrogen-bond acceptors (Lipinski definition) is 8. The summed E-state index contributed by atoms with van der Waals surface area (Å²) in [7, 11) is 0. The molecule has 1 fully saturated rings. The third-order valence-electron chi connectivity index (χ3n) is 2.67. The molecule has 0 aromatic carbocycles. The fraction of sp³-hybridized carbons (Fsp3) is 0.500. The van der Waals surface area contributed by atoms with E-state index >= 15 is 0 Å². The average Bonchev–Trinajstić information content (AvgIpc) is 2.68. The number of ether oxygens (including phenoxy) is 2. The van der Waals surface area contributed by atoms with Crippen LogP contribution in [0.25, 0.3) is 0 Å². The third-order valence-corrected chi connectivity index (χ3v) is 3.74. The molecule has 0 amide bonds. The second-order valence-corrected chi connectivity index (χ2v) is 5.43. The Kier molecular flexibility index (Phi) is 4.43. The number of carbonyl (C=O) groups is 2. The number of hydrogen-bond donors (Lipinski definition) is 1. The number of anilines is 1. The molecule has 2 heterocycles. The molecule has 8 heteroatoms. The van der Waals surface area contributed by atoms with Crippen molar-refractivity contribution in [3.63, 3.8) is 0 Å². The van der Waals surface area contributed by atoms with Gasteiger partial charge in [-0.05, 0) is 13.8 Å². The highest BCUT2D eigenvalue weighted by Gasteiger charge is 2.33. The molecule has 0 aliphatic carbocycles. The van der Waals surface area contributed by atoms with Crippen molar-refractivity contribution < 1.29 is 19.1 Å². The van der Waals surface area contributed by atoms with Gasteiger partial charge in [-0.15, -0.1) is 0 Å². The Labute approximate surface area is 120 Å². The molecule has 1 aliphatic heterocycles. The molecule has 108 valence electrons. The second kappa shape index (κ2) is 6.08. The molecular weight excluding hydrogens is 282 g/mol. The van der Waals surface area contributed by atoms with E-state index in [9.17, 15) is 9.59 Å². The minimum absolute atomic E-state index is 0.0420. The Hall–Kier alpha value is -1.83. The van der Waals surface area contributed by atoms with Gasteiger partial charge >= 0.3 is 11.9 Å². The summed E-state index contributed by atoms with van der Waals surface area (Å²) in [6.07, 6.45) is 1.81. The third kappa shape index (κ3) is 3.19. The first-order valence-electron chi connectivity index (χ1n) is 6.18. The van der Waals surface area contributed by atoms with Crippen LogP contribution in [0.2, 0.25) is 0 Å². The minimum Gasteiger partial charge on any atom is -0.462 e. The van der Waals surface area contributed by atoms with Gasteiger partial charge in [-0.25, -0.2) is 14.8 Å². The van der Waals surface area contributed by atoms with Gasteiger partial charge in [-0.1, -0.05) is 11.8 Å². The van der Waals surface area contributed by atoms with E-state index in [0.29, 0.717) is 11.6 Å². The summed E-state index contributed by atoms with van der Waals surface area (Å²) in [4.78, 5) is 31.1. The monoisotopic (exact) mass is 297 g/mol. The van der Waals surface area contributed by atoms with E-state index < -0.39 is 5.97 Å². The fourth-order valence-electron chi connectivity index (χ4n) is 1.74. The lowest BCUT2D eigenvalue weighted by atomic mass is 10.3. The van der Waals surface area contributed by atoms with Gasteiger partial charge in [0.05, 0.1) is 6.61 Å². The highest BCUT2D eigenvalue weighted by atomic mass is 32.2. The lowest BCUT2D eigenvalue weighted by Gasteiger charge is -2.07. The van der Waals surface area contributed by atoms with Crippen LogP contribution in [0, 0.1) is 0 Å². The van der Waals surface area contributed by atoms with E-state index in [1.165, 1.54) is 18.0 Å². The quantitative estimate of drug-likeness (QED) is 0.649. The molecule has 2 rings (SSSR count). The van der Waals surface area contributed by atoms with Crippen molar-refractivity contribution in [2.75, 3.05) is 12.3 Å². The molecule has 0 radical (unpaired) electrons. The molecule has 1 aromatic rings. The van der Waals surface area contributed by atoms with Crippen LogP contribution in [-0.4, -0.2) is 39.9 Å². The van der Waals surface area contributed by atoms with Gasteiger partial charge in [0, 0.05) is 12.6 Å². The number of nitrogens with two attached hydrogens (primary N) is 1. The van der Waals surface area contributed by atoms with Gasteiger partial charge in [0.1, 0.15) is 22.7 Å². The molecule has 0 bridgehead atoms. The number of rotatable bonds is 4. The van der Waals surface area contributed by atoms with Crippen molar-refractivity contribution in [1.82, 2.24) is 9.97 Å². The summed E-state index contributed by atoms with van der Waals surface area (Å²) in [6, 6.07) is 0. The Morgan fingerprint density at radius 3 is 2.95 bits per heavy atom. The molecule has 1 saturated heterocycles. The number of thioether (sulfide) groups is 1. The highest BCUT2D eigenvalue weighted by Crippen LogP contribution is 2.30. The Morgan fingerprint density at radius 1 is 1.65 bits per heavy atom. The fourth-order valence-corrected chi connectivity index (χ4v) is 2.78. The topological polar surface area (TPSA) is 104 Å². The predicted octanol–water partition coefficient (Wildman–Crippen LogP) is 1.03. The first-order chi connectivity index (χ1) is 9.51. The zero-order chi connectivity index (χ0) is 14.7. The van der Waals surface area contributed by atoms with Crippen LogP contribution in [0.1, 0.15) is 30.6 Å². The molecule has 20 heavy (non-hydrogen) atoms. The molecule has 2 N–H and O–H groups in total. The first-order valence-corrected chi connectivity index (χ1v) is 7.06. The molecule has 1 aromatic heterocycles. The number of aromatic nitrogens is 2. The van der Waals surface area contributed by atoms with E-state index in [2.05, 4.69) is 9.97 Å². The van der Waals surface area contributed by atoms with Gasteiger partial charge in [-0.2, -0.15) is 0 Å². The van der Waals surface area contributed by atoms with Crippen molar-refractivity contribution >= 4 is 29.5 Å². The van der Waals surface area contributed by atoms with Crippen molar-refractivity contribution in [2.45, 2.75) is 36.8 Å². The molecule has 0 saturated carbocycles. The SMILES string of the molecule is CCOC(=O)c1cnc(S[C@@H]2C[C@@H](C)OC2=O)nc1N. The molecule has 7 nitrogen and oxygen atoms in total.